The monoisotopic (exact) mass is 274 g/mol. The summed E-state index contributed by atoms with van der Waals surface area (Å²) in [6, 6.07) is 1.80. The van der Waals surface area contributed by atoms with E-state index >= 15 is 0 Å². The Morgan fingerprint density at radius 3 is 2.78 bits per heavy atom. The van der Waals surface area contributed by atoms with E-state index in [9.17, 15) is 13.2 Å². The SMILES string of the molecule is CCC(C#N)S(=O)(=O)N1CCC[C@H](C(=O)OC)C1. The maximum absolute atomic E-state index is 12.2. The average Bonchev–Trinajstić information content (AvgIpc) is 2.39. The van der Waals surface area contributed by atoms with Crippen LogP contribution in [0.3, 0.4) is 0 Å². The molecule has 1 fully saturated rings. The van der Waals surface area contributed by atoms with Crippen LogP contribution in [-0.2, 0) is 19.6 Å². The van der Waals surface area contributed by atoms with Crippen molar-refractivity contribution in [2.24, 2.45) is 5.92 Å². The van der Waals surface area contributed by atoms with Crippen molar-refractivity contribution in [2.75, 3.05) is 20.2 Å². The zero-order chi connectivity index (χ0) is 13.8. The predicted molar refractivity (Wildman–Crippen MR) is 64.9 cm³/mol. The Bertz CT molecular complexity index is 440. The smallest absolute Gasteiger partial charge is 0.309 e. The maximum Gasteiger partial charge on any atom is 0.309 e. The molecule has 7 heteroatoms. The van der Waals surface area contributed by atoms with Gasteiger partial charge in [-0.25, -0.2) is 8.42 Å². The quantitative estimate of drug-likeness (QED) is 0.697. The molecule has 1 saturated heterocycles. The van der Waals surface area contributed by atoms with E-state index in [0.29, 0.717) is 19.4 Å². The number of piperidine rings is 1. The van der Waals surface area contributed by atoms with E-state index < -0.39 is 21.2 Å². The number of carbonyl (C=O) groups is 1. The Morgan fingerprint density at radius 1 is 1.61 bits per heavy atom. The van der Waals surface area contributed by atoms with Gasteiger partial charge in [0.15, 0.2) is 5.25 Å². The summed E-state index contributed by atoms with van der Waals surface area (Å²) >= 11 is 0. The van der Waals surface area contributed by atoms with Crippen molar-refractivity contribution in [1.82, 2.24) is 4.31 Å². The lowest BCUT2D eigenvalue weighted by Gasteiger charge is -2.31. The Hall–Kier alpha value is -1.13. The van der Waals surface area contributed by atoms with Gasteiger partial charge in [0, 0.05) is 13.1 Å². The van der Waals surface area contributed by atoms with Crippen LogP contribution < -0.4 is 0 Å². The molecule has 0 spiro atoms. The molecule has 6 nitrogen and oxygen atoms in total. The van der Waals surface area contributed by atoms with Gasteiger partial charge in [0.1, 0.15) is 0 Å². The van der Waals surface area contributed by atoms with Crippen LogP contribution in [0.15, 0.2) is 0 Å². The summed E-state index contributed by atoms with van der Waals surface area (Å²) in [6.45, 7) is 2.15. The molecule has 0 saturated carbocycles. The fourth-order valence-electron chi connectivity index (χ4n) is 2.08. The predicted octanol–water partition coefficient (Wildman–Crippen LogP) is 0.503. The molecule has 1 heterocycles. The zero-order valence-corrected chi connectivity index (χ0v) is 11.4. The van der Waals surface area contributed by atoms with E-state index in [0.717, 1.165) is 0 Å². The van der Waals surface area contributed by atoms with E-state index in [1.54, 1.807) is 13.0 Å². The van der Waals surface area contributed by atoms with Crippen LogP contribution >= 0.6 is 0 Å². The number of nitrogens with zero attached hydrogens (tertiary/aromatic N) is 2. The molecule has 0 aliphatic carbocycles. The van der Waals surface area contributed by atoms with Crippen molar-refractivity contribution >= 4 is 16.0 Å². The molecular weight excluding hydrogens is 256 g/mol. The number of sulfonamides is 1. The molecule has 0 N–H and O–H groups in total. The van der Waals surface area contributed by atoms with Crippen molar-refractivity contribution in [3.8, 4) is 6.07 Å². The van der Waals surface area contributed by atoms with Crippen LogP contribution in [0, 0.1) is 17.2 Å². The molecule has 0 radical (unpaired) electrons. The fraction of sp³-hybridized carbons (Fsp3) is 0.818. The third-order valence-electron chi connectivity index (χ3n) is 3.15. The first-order valence-corrected chi connectivity index (χ1v) is 7.44. The van der Waals surface area contributed by atoms with E-state index in [1.165, 1.54) is 11.4 Å². The fourth-order valence-corrected chi connectivity index (χ4v) is 3.77. The van der Waals surface area contributed by atoms with Crippen molar-refractivity contribution in [2.45, 2.75) is 31.4 Å². The Balaban J connectivity index is 2.84. The first-order valence-electron chi connectivity index (χ1n) is 5.93. The first kappa shape index (κ1) is 14.9. The van der Waals surface area contributed by atoms with Gasteiger partial charge in [-0.3, -0.25) is 4.79 Å². The molecule has 1 aliphatic rings. The second-order valence-electron chi connectivity index (χ2n) is 4.29. The highest BCUT2D eigenvalue weighted by atomic mass is 32.2. The zero-order valence-electron chi connectivity index (χ0n) is 10.6. The van der Waals surface area contributed by atoms with Gasteiger partial charge in [0.25, 0.3) is 0 Å². The lowest BCUT2D eigenvalue weighted by molar-refractivity contribution is -0.146. The molecule has 0 aromatic heterocycles. The second-order valence-corrected chi connectivity index (χ2v) is 6.41. The minimum absolute atomic E-state index is 0.118. The second kappa shape index (κ2) is 6.16. The van der Waals surface area contributed by atoms with Crippen molar-refractivity contribution in [3.05, 3.63) is 0 Å². The van der Waals surface area contributed by atoms with Gasteiger partial charge in [0.2, 0.25) is 10.0 Å². The van der Waals surface area contributed by atoms with E-state index in [4.69, 9.17) is 5.26 Å². The summed E-state index contributed by atoms with van der Waals surface area (Å²) in [5.41, 5.74) is 0. The maximum atomic E-state index is 12.2. The molecule has 1 unspecified atom stereocenters. The number of nitriles is 1. The van der Waals surface area contributed by atoms with Gasteiger partial charge in [-0.2, -0.15) is 9.57 Å². The van der Waals surface area contributed by atoms with Crippen molar-refractivity contribution in [1.29, 1.82) is 5.26 Å². The molecule has 102 valence electrons. The third-order valence-corrected chi connectivity index (χ3v) is 5.36. The van der Waals surface area contributed by atoms with Crippen LogP contribution in [-0.4, -0.2) is 44.1 Å². The summed E-state index contributed by atoms with van der Waals surface area (Å²) < 4.78 is 30.2. The van der Waals surface area contributed by atoms with Crippen LogP contribution in [0.1, 0.15) is 26.2 Å². The van der Waals surface area contributed by atoms with Gasteiger partial charge in [0.05, 0.1) is 19.1 Å². The van der Waals surface area contributed by atoms with Crippen molar-refractivity contribution < 1.29 is 17.9 Å². The first-order chi connectivity index (χ1) is 8.47. The lowest BCUT2D eigenvalue weighted by atomic mass is 10.0. The summed E-state index contributed by atoms with van der Waals surface area (Å²) in [4.78, 5) is 11.4. The van der Waals surface area contributed by atoms with Crippen molar-refractivity contribution in [3.63, 3.8) is 0 Å². The molecular formula is C11H18N2O4S. The number of esters is 1. The minimum atomic E-state index is -3.63. The molecule has 2 atom stereocenters. The highest BCUT2D eigenvalue weighted by molar-refractivity contribution is 7.90. The van der Waals surface area contributed by atoms with Gasteiger partial charge in [-0.1, -0.05) is 6.92 Å². The van der Waals surface area contributed by atoms with Gasteiger partial charge in [-0.05, 0) is 19.3 Å². The Kier molecular flexibility index (Phi) is 5.11. The van der Waals surface area contributed by atoms with Gasteiger partial charge in [-0.15, -0.1) is 0 Å². The number of hydrogen-bond acceptors (Lipinski definition) is 5. The van der Waals surface area contributed by atoms with E-state index in [-0.39, 0.29) is 18.9 Å². The molecule has 0 amide bonds. The number of hydrogen-bond donors (Lipinski definition) is 0. The Morgan fingerprint density at radius 2 is 2.28 bits per heavy atom. The van der Waals surface area contributed by atoms with Crippen LogP contribution in [0.2, 0.25) is 0 Å². The number of rotatable bonds is 4. The Labute approximate surface area is 108 Å². The molecule has 0 bridgehead atoms. The summed E-state index contributed by atoms with van der Waals surface area (Å²) in [5, 5.41) is 7.83. The minimum Gasteiger partial charge on any atom is -0.469 e. The molecule has 18 heavy (non-hydrogen) atoms. The largest absolute Gasteiger partial charge is 0.469 e. The standard InChI is InChI=1S/C11H18N2O4S/c1-3-10(7-12)18(15,16)13-6-4-5-9(8-13)11(14)17-2/h9-10H,3-6,8H2,1-2H3/t9-,10?/m0/s1. The van der Waals surface area contributed by atoms with Gasteiger partial charge < -0.3 is 4.74 Å². The normalized spacial score (nSPS) is 23.1. The third kappa shape index (κ3) is 3.00. The number of ether oxygens (including phenoxy) is 1. The van der Waals surface area contributed by atoms with Gasteiger partial charge >= 0.3 is 5.97 Å². The molecule has 0 aromatic carbocycles. The summed E-state index contributed by atoms with van der Waals surface area (Å²) in [5.74, 6) is -0.811. The highest BCUT2D eigenvalue weighted by Crippen LogP contribution is 2.23. The average molecular weight is 274 g/mol. The van der Waals surface area contributed by atoms with Crippen LogP contribution in [0.25, 0.3) is 0 Å². The van der Waals surface area contributed by atoms with Crippen LogP contribution in [0.5, 0.6) is 0 Å². The number of carbonyl (C=O) groups excluding carboxylic acids is 1. The van der Waals surface area contributed by atoms with E-state index in [2.05, 4.69) is 4.74 Å². The molecule has 1 rings (SSSR count). The summed E-state index contributed by atoms with van der Waals surface area (Å²) in [6.07, 6.45) is 1.49. The molecule has 0 aromatic rings. The highest BCUT2D eigenvalue weighted by Gasteiger charge is 2.36. The summed E-state index contributed by atoms with van der Waals surface area (Å²) in [7, 11) is -2.34. The lowest BCUT2D eigenvalue weighted by Crippen LogP contribution is -2.46. The van der Waals surface area contributed by atoms with Crippen LogP contribution in [0.4, 0.5) is 0 Å². The molecule has 1 aliphatic heterocycles. The van der Waals surface area contributed by atoms with E-state index in [1.807, 2.05) is 0 Å². The number of methoxy groups -OCH3 is 1. The topological polar surface area (TPSA) is 87.5 Å².